The molecule has 3 rings (SSSR count). The molecular formula is C19H18N2O2. The fourth-order valence-electron chi connectivity index (χ4n) is 2.67. The average Bonchev–Trinajstić information content (AvgIpc) is 3.05. The van der Waals surface area contributed by atoms with Crippen molar-refractivity contribution in [3.63, 3.8) is 0 Å². The van der Waals surface area contributed by atoms with Gasteiger partial charge < -0.3 is 5.11 Å². The van der Waals surface area contributed by atoms with Gasteiger partial charge in [0.15, 0.2) is 0 Å². The summed E-state index contributed by atoms with van der Waals surface area (Å²) < 4.78 is 0. The van der Waals surface area contributed by atoms with E-state index in [1.54, 1.807) is 6.07 Å². The van der Waals surface area contributed by atoms with Crippen LogP contribution in [-0.2, 0) is 0 Å². The third-order valence-corrected chi connectivity index (χ3v) is 3.86. The van der Waals surface area contributed by atoms with Crippen LogP contribution in [-0.4, -0.2) is 21.3 Å². The Morgan fingerprint density at radius 2 is 1.78 bits per heavy atom. The first-order valence-electron chi connectivity index (χ1n) is 7.54. The maximum atomic E-state index is 11.0. The van der Waals surface area contributed by atoms with E-state index in [2.05, 4.69) is 48.3 Å². The van der Waals surface area contributed by atoms with E-state index in [4.69, 9.17) is 5.11 Å². The van der Waals surface area contributed by atoms with Gasteiger partial charge in [0, 0.05) is 5.56 Å². The summed E-state index contributed by atoms with van der Waals surface area (Å²) in [6.07, 6.45) is 0. The van der Waals surface area contributed by atoms with Crippen molar-refractivity contribution < 1.29 is 9.90 Å². The highest BCUT2D eigenvalue weighted by atomic mass is 16.4. The Morgan fingerprint density at radius 3 is 2.39 bits per heavy atom. The quantitative estimate of drug-likeness (QED) is 0.742. The van der Waals surface area contributed by atoms with Crippen LogP contribution in [0.25, 0.3) is 22.4 Å². The largest absolute Gasteiger partial charge is 0.477 e. The predicted octanol–water partition coefficient (Wildman–Crippen LogP) is 4.57. The first kappa shape index (κ1) is 15.0. The molecule has 0 fully saturated rings. The van der Waals surface area contributed by atoms with Gasteiger partial charge in [-0.3, -0.25) is 5.10 Å². The van der Waals surface area contributed by atoms with Gasteiger partial charge in [-0.2, -0.15) is 5.10 Å². The van der Waals surface area contributed by atoms with Crippen molar-refractivity contribution in [2.75, 3.05) is 0 Å². The van der Waals surface area contributed by atoms with Gasteiger partial charge in [-0.15, -0.1) is 0 Å². The summed E-state index contributed by atoms with van der Waals surface area (Å²) in [4.78, 5) is 11.0. The van der Waals surface area contributed by atoms with Crippen molar-refractivity contribution in [2.24, 2.45) is 0 Å². The van der Waals surface area contributed by atoms with Crippen molar-refractivity contribution in [3.8, 4) is 22.4 Å². The molecule has 4 heteroatoms. The third kappa shape index (κ3) is 3.01. The molecule has 0 unspecified atom stereocenters. The van der Waals surface area contributed by atoms with E-state index in [1.165, 1.54) is 5.56 Å². The lowest BCUT2D eigenvalue weighted by atomic mass is 9.90. The lowest BCUT2D eigenvalue weighted by Crippen LogP contribution is -1.95. The Kier molecular flexibility index (Phi) is 3.98. The van der Waals surface area contributed by atoms with Crippen molar-refractivity contribution in [2.45, 2.75) is 19.8 Å². The van der Waals surface area contributed by atoms with Gasteiger partial charge >= 0.3 is 5.97 Å². The van der Waals surface area contributed by atoms with Crippen LogP contribution in [0.5, 0.6) is 0 Å². The number of aromatic amines is 1. The molecule has 0 spiro atoms. The zero-order valence-electron chi connectivity index (χ0n) is 13.1. The fraction of sp³-hybridized carbons (Fsp3) is 0.158. The molecule has 4 nitrogen and oxygen atoms in total. The number of hydrogen-bond acceptors (Lipinski definition) is 2. The van der Waals surface area contributed by atoms with Gasteiger partial charge in [-0.05, 0) is 34.7 Å². The summed E-state index contributed by atoms with van der Waals surface area (Å²) in [5, 5.41) is 15.7. The monoisotopic (exact) mass is 306 g/mol. The minimum atomic E-state index is -1.01. The molecular weight excluding hydrogens is 288 g/mol. The van der Waals surface area contributed by atoms with Gasteiger partial charge in [0.25, 0.3) is 0 Å². The minimum absolute atomic E-state index is 0.0918. The van der Waals surface area contributed by atoms with Crippen LogP contribution < -0.4 is 0 Å². The maximum absolute atomic E-state index is 11.0. The molecule has 0 aliphatic carbocycles. The zero-order valence-corrected chi connectivity index (χ0v) is 13.1. The SMILES string of the molecule is CC(C)c1ccc(-c2cc(C(=O)O)[nH]n2)cc1-c1ccccc1. The van der Waals surface area contributed by atoms with E-state index in [-0.39, 0.29) is 5.69 Å². The van der Waals surface area contributed by atoms with Crippen molar-refractivity contribution in [3.05, 3.63) is 65.9 Å². The van der Waals surface area contributed by atoms with E-state index in [0.717, 1.165) is 16.7 Å². The molecule has 1 aromatic heterocycles. The van der Waals surface area contributed by atoms with E-state index >= 15 is 0 Å². The number of carboxylic acids is 1. The topological polar surface area (TPSA) is 66.0 Å². The number of nitrogens with one attached hydrogen (secondary N) is 1. The van der Waals surface area contributed by atoms with E-state index in [9.17, 15) is 4.79 Å². The number of carboxylic acid groups (broad SMARTS) is 1. The Morgan fingerprint density at radius 1 is 1.04 bits per heavy atom. The number of benzene rings is 2. The summed E-state index contributed by atoms with van der Waals surface area (Å²) in [6.45, 7) is 4.33. The minimum Gasteiger partial charge on any atom is -0.477 e. The molecule has 0 aliphatic heterocycles. The highest BCUT2D eigenvalue weighted by molar-refractivity contribution is 5.87. The molecule has 1 heterocycles. The summed E-state index contributed by atoms with van der Waals surface area (Å²) in [6, 6.07) is 17.9. The summed E-state index contributed by atoms with van der Waals surface area (Å²) in [5.41, 5.74) is 5.18. The molecule has 0 amide bonds. The van der Waals surface area contributed by atoms with Crippen molar-refractivity contribution >= 4 is 5.97 Å². The number of hydrogen-bond donors (Lipinski definition) is 2. The summed E-state index contributed by atoms with van der Waals surface area (Å²) in [5.74, 6) is -0.612. The first-order chi connectivity index (χ1) is 11.1. The Labute approximate surface area is 134 Å². The first-order valence-corrected chi connectivity index (χ1v) is 7.54. The van der Waals surface area contributed by atoms with E-state index < -0.39 is 5.97 Å². The van der Waals surface area contributed by atoms with Crippen LogP contribution >= 0.6 is 0 Å². The zero-order chi connectivity index (χ0) is 16.4. The summed E-state index contributed by atoms with van der Waals surface area (Å²) in [7, 11) is 0. The second-order valence-corrected chi connectivity index (χ2v) is 5.79. The average molecular weight is 306 g/mol. The van der Waals surface area contributed by atoms with Crippen LogP contribution in [0.15, 0.2) is 54.6 Å². The Hall–Kier alpha value is -2.88. The summed E-state index contributed by atoms with van der Waals surface area (Å²) >= 11 is 0. The number of rotatable bonds is 4. The third-order valence-electron chi connectivity index (χ3n) is 3.86. The van der Waals surface area contributed by atoms with Gasteiger partial charge in [-0.1, -0.05) is 56.3 Å². The molecule has 116 valence electrons. The van der Waals surface area contributed by atoms with Crippen LogP contribution in [0, 0.1) is 0 Å². The van der Waals surface area contributed by atoms with Crippen LogP contribution in [0.3, 0.4) is 0 Å². The predicted molar refractivity (Wildman–Crippen MR) is 90.5 cm³/mol. The van der Waals surface area contributed by atoms with Crippen LogP contribution in [0.4, 0.5) is 0 Å². The standard InChI is InChI=1S/C19H18N2O2/c1-12(2)15-9-8-14(17-11-18(19(22)23)21-20-17)10-16(15)13-6-4-3-5-7-13/h3-12H,1-2H3,(H,20,21)(H,22,23). The van der Waals surface area contributed by atoms with E-state index in [0.29, 0.717) is 11.6 Å². The number of aromatic carboxylic acids is 1. The van der Waals surface area contributed by atoms with Crippen LogP contribution in [0.2, 0.25) is 0 Å². The molecule has 2 aromatic carbocycles. The van der Waals surface area contributed by atoms with Gasteiger partial charge in [0.05, 0.1) is 5.69 Å². The molecule has 0 atom stereocenters. The van der Waals surface area contributed by atoms with Gasteiger partial charge in [-0.25, -0.2) is 4.79 Å². The van der Waals surface area contributed by atoms with E-state index in [1.807, 2.05) is 24.3 Å². The van der Waals surface area contributed by atoms with Crippen molar-refractivity contribution in [1.82, 2.24) is 10.2 Å². The van der Waals surface area contributed by atoms with Gasteiger partial charge in [0.1, 0.15) is 5.69 Å². The fourth-order valence-corrected chi connectivity index (χ4v) is 2.67. The lowest BCUT2D eigenvalue weighted by Gasteiger charge is -2.14. The molecule has 0 saturated heterocycles. The van der Waals surface area contributed by atoms with Crippen LogP contribution in [0.1, 0.15) is 35.8 Å². The molecule has 2 N–H and O–H groups in total. The molecule has 23 heavy (non-hydrogen) atoms. The highest BCUT2D eigenvalue weighted by Crippen LogP contribution is 2.33. The number of aromatic nitrogens is 2. The highest BCUT2D eigenvalue weighted by Gasteiger charge is 2.13. The molecule has 0 radical (unpaired) electrons. The second kappa shape index (κ2) is 6.08. The number of carbonyl (C=O) groups is 1. The number of nitrogens with zero attached hydrogens (tertiary/aromatic N) is 1. The van der Waals surface area contributed by atoms with Gasteiger partial charge in [0.2, 0.25) is 0 Å². The van der Waals surface area contributed by atoms with Crippen molar-refractivity contribution in [1.29, 1.82) is 0 Å². The Bertz CT molecular complexity index is 836. The Balaban J connectivity index is 2.11. The molecule has 3 aromatic rings. The molecule has 0 saturated carbocycles. The number of H-pyrrole nitrogens is 1. The smallest absolute Gasteiger partial charge is 0.353 e. The molecule has 0 bridgehead atoms. The second-order valence-electron chi connectivity index (χ2n) is 5.79. The molecule has 0 aliphatic rings. The maximum Gasteiger partial charge on any atom is 0.353 e. The normalized spacial score (nSPS) is 10.9. The lowest BCUT2D eigenvalue weighted by molar-refractivity contribution is 0.0690.